The minimum absolute atomic E-state index is 0.0672. The molecule has 2 rings (SSSR count). The minimum Gasteiger partial charge on any atom is -0.393 e. The third-order valence-corrected chi connectivity index (χ3v) is 4.64. The third-order valence-electron chi connectivity index (χ3n) is 4.64. The van der Waals surface area contributed by atoms with Gasteiger partial charge in [0.05, 0.1) is 11.7 Å². The normalized spacial score (nSPS) is 29.6. The number of hydrogen-bond donors (Lipinski definition) is 1. The first-order valence-corrected chi connectivity index (χ1v) is 7.56. The van der Waals surface area contributed by atoms with Gasteiger partial charge in [-0.3, -0.25) is 0 Å². The molecular weight excluding hydrogens is 212 g/mol. The molecule has 0 aromatic heterocycles. The summed E-state index contributed by atoms with van der Waals surface area (Å²) in [5.74, 6) is 0.799. The number of ether oxygens (including phenoxy) is 1. The van der Waals surface area contributed by atoms with Crippen molar-refractivity contribution in [3.05, 3.63) is 0 Å². The summed E-state index contributed by atoms with van der Waals surface area (Å²) in [6.07, 6.45) is 11.9. The highest BCUT2D eigenvalue weighted by molar-refractivity contribution is 4.91. The number of aliphatic hydroxyl groups excluding tert-OH is 1. The average Bonchev–Trinajstić information content (AvgIpc) is 2.75. The van der Waals surface area contributed by atoms with Gasteiger partial charge in [-0.15, -0.1) is 0 Å². The van der Waals surface area contributed by atoms with E-state index in [4.69, 9.17) is 4.74 Å². The molecule has 1 saturated carbocycles. The fourth-order valence-corrected chi connectivity index (χ4v) is 3.65. The standard InChI is InChI=1S/C15H28O2/c1-2-5-14(16)7-6-13-8-11-17-15(12-13)9-3-4-10-15/h13-14,16H,2-12H2,1H3. The summed E-state index contributed by atoms with van der Waals surface area (Å²) in [6.45, 7) is 3.10. The van der Waals surface area contributed by atoms with Crippen LogP contribution in [-0.2, 0) is 4.74 Å². The fraction of sp³-hybridized carbons (Fsp3) is 1.00. The Balaban J connectivity index is 1.74. The summed E-state index contributed by atoms with van der Waals surface area (Å²) in [5, 5.41) is 9.81. The Hall–Kier alpha value is -0.0800. The highest BCUT2D eigenvalue weighted by Crippen LogP contribution is 2.43. The molecule has 0 aromatic carbocycles. The van der Waals surface area contributed by atoms with Crippen LogP contribution in [0.4, 0.5) is 0 Å². The Kier molecular flexibility index (Phi) is 4.87. The number of aliphatic hydroxyl groups is 1. The van der Waals surface area contributed by atoms with Crippen LogP contribution in [0.5, 0.6) is 0 Å². The van der Waals surface area contributed by atoms with Crippen LogP contribution in [-0.4, -0.2) is 23.4 Å². The lowest BCUT2D eigenvalue weighted by Gasteiger charge is -2.38. The van der Waals surface area contributed by atoms with Crippen LogP contribution in [0.25, 0.3) is 0 Å². The molecule has 17 heavy (non-hydrogen) atoms. The fourth-order valence-electron chi connectivity index (χ4n) is 3.65. The first-order valence-electron chi connectivity index (χ1n) is 7.56. The highest BCUT2D eigenvalue weighted by Gasteiger charge is 2.39. The van der Waals surface area contributed by atoms with Crippen LogP contribution in [0, 0.1) is 5.92 Å². The molecular formula is C15H28O2. The Morgan fingerprint density at radius 1 is 1.29 bits per heavy atom. The lowest BCUT2D eigenvalue weighted by atomic mass is 9.82. The molecule has 2 aliphatic rings. The Bertz CT molecular complexity index is 221. The van der Waals surface area contributed by atoms with Crippen molar-refractivity contribution in [2.24, 2.45) is 5.92 Å². The zero-order chi connectivity index (χ0) is 12.1. The SMILES string of the molecule is CCCC(O)CCC1CCOC2(CCCC2)C1. The van der Waals surface area contributed by atoms with E-state index in [1.54, 1.807) is 0 Å². The molecule has 0 amide bonds. The van der Waals surface area contributed by atoms with Crippen molar-refractivity contribution in [1.29, 1.82) is 0 Å². The van der Waals surface area contributed by atoms with Gasteiger partial charge < -0.3 is 9.84 Å². The molecule has 0 bridgehead atoms. The van der Waals surface area contributed by atoms with Crippen molar-refractivity contribution in [1.82, 2.24) is 0 Å². The van der Waals surface area contributed by atoms with E-state index in [9.17, 15) is 5.11 Å². The van der Waals surface area contributed by atoms with E-state index in [1.807, 2.05) is 0 Å². The van der Waals surface area contributed by atoms with Crippen molar-refractivity contribution in [2.45, 2.75) is 82.8 Å². The molecule has 1 aliphatic heterocycles. The summed E-state index contributed by atoms with van der Waals surface area (Å²) in [4.78, 5) is 0. The van der Waals surface area contributed by atoms with E-state index in [0.29, 0.717) is 0 Å². The number of rotatable bonds is 5. The van der Waals surface area contributed by atoms with Crippen LogP contribution in [0.2, 0.25) is 0 Å². The molecule has 2 unspecified atom stereocenters. The predicted molar refractivity (Wildman–Crippen MR) is 70.0 cm³/mol. The first-order chi connectivity index (χ1) is 8.24. The summed E-state index contributed by atoms with van der Waals surface area (Å²) in [5.41, 5.74) is 0.249. The second kappa shape index (κ2) is 6.19. The maximum Gasteiger partial charge on any atom is 0.0685 e. The van der Waals surface area contributed by atoms with Gasteiger partial charge in [0.25, 0.3) is 0 Å². The summed E-state index contributed by atoms with van der Waals surface area (Å²) in [7, 11) is 0. The van der Waals surface area contributed by atoms with E-state index in [2.05, 4.69) is 6.92 Å². The van der Waals surface area contributed by atoms with E-state index in [1.165, 1.54) is 44.9 Å². The van der Waals surface area contributed by atoms with Crippen LogP contribution in [0.3, 0.4) is 0 Å². The van der Waals surface area contributed by atoms with E-state index in [0.717, 1.165) is 31.8 Å². The summed E-state index contributed by atoms with van der Waals surface area (Å²) in [6, 6.07) is 0. The van der Waals surface area contributed by atoms with Crippen LogP contribution in [0.15, 0.2) is 0 Å². The highest BCUT2D eigenvalue weighted by atomic mass is 16.5. The zero-order valence-electron chi connectivity index (χ0n) is 11.3. The van der Waals surface area contributed by atoms with Gasteiger partial charge in [0.1, 0.15) is 0 Å². The third kappa shape index (κ3) is 3.69. The maximum atomic E-state index is 9.81. The molecule has 2 atom stereocenters. The predicted octanol–water partition coefficient (Wildman–Crippen LogP) is 3.67. The molecule has 1 aliphatic carbocycles. The quantitative estimate of drug-likeness (QED) is 0.794. The smallest absolute Gasteiger partial charge is 0.0685 e. The maximum absolute atomic E-state index is 9.81. The molecule has 100 valence electrons. The topological polar surface area (TPSA) is 29.5 Å². The second-order valence-electron chi connectivity index (χ2n) is 6.12. The van der Waals surface area contributed by atoms with Gasteiger partial charge in [-0.05, 0) is 50.9 Å². The van der Waals surface area contributed by atoms with Crippen molar-refractivity contribution >= 4 is 0 Å². The van der Waals surface area contributed by atoms with Crippen molar-refractivity contribution in [2.75, 3.05) is 6.61 Å². The van der Waals surface area contributed by atoms with Crippen LogP contribution in [0.1, 0.15) is 71.1 Å². The summed E-state index contributed by atoms with van der Waals surface area (Å²) >= 11 is 0. The van der Waals surface area contributed by atoms with Crippen LogP contribution < -0.4 is 0 Å². The lowest BCUT2D eigenvalue weighted by Crippen LogP contribution is -2.37. The van der Waals surface area contributed by atoms with Gasteiger partial charge in [0, 0.05) is 6.61 Å². The van der Waals surface area contributed by atoms with Gasteiger partial charge in [-0.1, -0.05) is 26.2 Å². The molecule has 2 nitrogen and oxygen atoms in total. The molecule has 0 aromatic rings. The Morgan fingerprint density at radius 3 is 2.76 bits per heavy atom. The Labute approximate surface area is 106 Å². The van der Waals surface area contributed by atoms with Gasteiger partial charge in [0.15, 0.2) is 0 Å². The van der Waals surface area contributed by atoms with Gasteiger partial charge in [-0.2, -0.15) is 0 Å². The molecule has 2 fully saturated rings. The van der Waals surface area contributed by atoms with Crippen molar-refractivity contribution in [3.8, 4) is 0 Å². The molecule has 1 heterocycles. The van der Waals surface area contributed by atoms with E-state index < -0.39 is 0 Å². The Morgan fingerprint density at radius 2 is 2.06 bits per heavy atom. The van der Waals surface area contributed by atoms with E-state index >= 15 is 0 Å². The molecule has 0 radical (unpaired) electrons. The monoisotopic (exact) mass is 240 g/mol. The minimum atomic E-state index is -0.0672. The lowest BCUT2D eigenvalue weighted by molar-refractivity contribution is -0.0949. The van der Waals surface area contributed by atoms with Gasteiger partial charge in [-0.25, -0.2) is 0 Å². The van der Waals surface area contributed by atoms with E-state index in [-0.39, 0.29) is 11.7 Å². The molecule has 1 spiro atoms. The molecule has 2 heteroatoms. The zero-order valence-corrected chi connectivity index (χ0v) is 11.3. The van der Waals surface area contributed by atoms with Gasteiger partial charge in [0.2, 0.25) is 0 Å². The second-order valence-corrected chi connectivity index (χ2v) is 6.12. The largest absolute Gasteiger partial charge is 0.393 e. The molecule has 1 saturated heterocycles. The van der Waals surface area contributed by atoms with Crippen LogP contribution >= 0.6 is 0 Å². The number of hydrogen-bond acceptors (Lipinski definition) is 2. The molecule has 1 N–H and O–H groups in total. The van der Waals surface area contributed by atoms with Gasteiger partial charge >= 0.3 is 0 Å². The van der Waals surface area contributed by atoms with Crippen molar-refractivity contribution < 1.29 is 9.84 Å². The first kappa shape index (κ1) is 13.4. The average molecular weight is 240 g/mol. The summed E-state index contributed by atoms with van der Waals surface area (Å²) < 4.78 is 6.05. The van der Waals surface area contributed by atoms with Crippen molar-refractivity contribution in [3.63, 3.8) is 0 Å².